The first-order valence-corrected chi connectivity index (χ1v) is 8.86. The summed E-state index contributed by atoms with van der Waals surface area (Å²) in [4.78, 5) is 32.0. The molecule has 0 unspecified atom stereocenters. The standard InChI is InChI=1S/C21H24N4O3/c1-6-15(7-2)17-12-16(10-11-22-17)28-18-8-9-19(23-14(18)5)24-21(27)25-20(26)13(3)4/h6-13H,1H2,2-5H3,(H2,23,24,25,26,27)/b15-7+. The maximum Gasteiger partial charge on any atom is 0.327 e. The molecule has 0 radical (unpaired) electrons. The van der Waals surface area contributed by atoms with Crippen LogP contribution in [-0.4, -0.2) is 21.9 Å². The lowest BCUT2D eigenvalue weighted by atomic mass is 10.1. The van der Waals surface area contributed by atoms with Gasteiger partial charge in [-0.15, -0.1) is 0 Å². The van der Waals surface area contributed by atoms with Crippen LogP contribution in [0.15, 0.2) is 49.2 Å². The van der Waals surface area contributed by atoms with Crippen LogP contribution in [0.25, 0.3) is 5.57 Å². The molecule has 7 nitrogen and oxygen atoms in total. The Morgan fingerprint density at radius 2 is 2.00 bits per heavy atom. The second-order valence-electron chi connectivity index (χ2n) is 6.31. The molecule has 0 bridgehead atoms. The Balaban J connectivity index is 2.11. The van der Waals surface area contributed by atoms with Gasteiger partial charge in [-0.1, -0.05) is 32.6 Å². The van der Waals surface area contributed by atoms with E-state index in [1.165, 1.54) is 0 Å². The number of amides is 3. The molecule has 0 aliphatic carbocycles. The lowest BCUT2D eigenvalue weighted by molar-refractivity contribution is -0.122. The van der Waals surface area contributed by atoms with Gasteiger partial charge in [0.1, 0.15) is 17.3 Å². The predicted molar refractivity (Wildman–Crippen MR) is 109 cm³/mol. The molecule has 28 heavy (non-hydrogen) atoms. The van der Waals surface area contributed by atoms with Crippen LogP contribution in [-0.2, 0) is 4.79 Å². The number of imide groups is 1. The second-order valence-corrected chi connectivity index (χ2v) is 6.31. The highest BCUT2D eigenvalue weighted by atomic mass is 16.5. The molecule has 0 aliphatic rings. The van der Waals surface area contributed by atoms with E-state index in [0.29, 0.717) is 23.0 Å². The van der Waals surface area contributed by atoms with Gasteiger partial charge in [0.2, 0.25) is 5.91 Å². The SMILES string of the molecule is C=C/C(=C\C)c1cc(Oc2ccc(NC(=O)NC(=O)C(C)C)nc2C)ccn1. The van der Waals surface area contributed by atoms with E-state index < -0.39 is 6.03 Å². The Bertz CT molecular complexity index is 920. The van der Waals surface area contributed by atoms with Gasteiger partial charge in [0.05, 0.1) is 11.4 Å². The molecule has 0 fully saturated rings. The summed E-state index contributed by atoms with van der Waals surface area (Å²) in [5.74, 6) is 0.824. The van der Waals surface area contributed by atoms with Crippen molar-refractivity contribution in [3.05, 3.63) is 60.6 Å². The third-order valence-electron chi connectivity index (χ3n) is 3.83. The molecular formula is C21H24N4O3. The molecule has 0 aliphatic heterocycles. The van der Waals surface area contributed by atoms with E-state index in [4.69, 9.17) is 4.74 Å². The molecule has 0 saturated carbocycles. The Morgan fingerprint density at radius 1 is 1.25 bits per heavy atom. The van der Waals surface area contributed by atoms with Crippen molar-refractivity contribution >= 4 is 23.3 Å². The Kier molecular flexibility index (Phi) is 7.03. The number of aromatic nitrogens is 2. The third kappa shape index (κ3) is 5.51. The molecule has 0 spiro atoms. The normalized spacial score (nSPS) is 11.1. The van der Waals surface area contributed by atoms with E-state index in [2.05, 4.69) is 27.2 Å². The van der Waals surface area contributed by atoms with E-state index >= 15 is 0 Å². The van der Waals surface area contributed by atoms with Gasteiger partial charge in [0.25, 0.3) is 0 Å². The van der Waals surface area contributed by atoms with Gasteiger partial charge in [0.15, 0.2) is 0 Å². The summed E-state index contributed by atoms with van der Waals surface area (Å²) in [7, 11) is 0. The molecule has 0 saturated heterocycles. The second kappa shape index (κ2) is 9.45. The summed E-state index contributed by atoms with van der Waals surface area (Å²) in [6, 6.07) is 6.24. The highest BCUT2D eigenvalue weighted by molar-refractivity contribution is 6.01. The van der Waals surface area contributed by atoms with E-state index in [1.54, 1.807) is 51.2 Å². The lowest BCUT2D eigenvalue weighted by Gasteiger charge is -2.12. The fourth-order valence-corrected chi connectivity index (χ4v) is 2.26. The summed E-state index contributed by atoms with van der Waals surface area (Å²) >= 11 is 0. The fourth-order valence-electron chi connectivity index (χ4n) is 2.26. The number of anilines is 1. The first-order chi connectivity index (χ1) is 13.3. The summed E-state index contributed by atoms with van der Waals surface area (Å²) in [5, 5.41) is 4.78. The van der Waals surface area contributed by atoms with Crippen molar-refractivity contribution in [3.8, 4) is 11.5 Å². The number of nitrogens with zero attached hydrogens (tertiary/aromatic N) is 2. The largest absolute Gasteiger partial charge is 0.455 e. The summed E-state index contributed by atoms with van der Waals surface area (Å²) < 4.78 is 5.90. The molecule has 0 atom stereocenters. The van der Waals surface area contributed by atoms with Crippen molar-refractivity contribution in [2.45, 2.75) is 27.7 Å². The molecule has 2 aromatic heterocycles. The number of hydrogen-bond donors (Lipinski definition) is 2. The minimum atomic E-state index is -0.624. The highest BCUT2D eigenvalue weighted by Crippen LogP contribution is 2.27. The molecule has 7 heteroatoms. The number of rotatable bonds is 6. The maximum atomic E-state index is 11.8. The lowest BCUT2D eigenvalue weighted by Crippen LogP contribution is -2.37. The maximum absolute atomic E-state index is 11.8. The van der Waals surface area contributed by atoms with Gasteiger partial charge < -0.3 is 4.74 Å². The number of aryl methyl sites for hydroxylation is 1. The number of carbonyl (C=O) groups is 2. The minimum Gasteiger partial charge on any atom is -0.455 e. The number of allylic oxidation sites excluding steroid dienone is 3. The molecule has 0 aromatic carbocycles. The zero-order chi connectivity index (χ0) is 20.7. The average molecular weight is 380 g/mol. The number of nitrogens with one attached hydrogen (secondary N) is 2. The van der Waals surface area contributed by atoms with Gasteiger partial charge in [-0.05, 0) is 37.6 Å². The van der Waals surface area contributed by atoms with Crippen LogP contribution < -0.4 is 15.4 Å². The van der Waals surface area contributed by atoms with Crippen molar-refractivity contribution in [2.24, 2.45) is 5.92 Å². The minimum absolute atomic E-state index is 0.286. The quantitative estimate of drug-likeness (QED) is 0.721. The van der Waals surface area contributed by atoms with Crippen molar-refractivity contribution < 1.29 is 14.3 Å². The van der Waals surface area contributed by atoms with Crippen LogP contribution in [0, 0.1) is 12.8 Å². The van der Waals surface area contributed by atoms with Crippen molar-refractivity contribution in [1.29, 1.82) is 0 Å². The van der Waals surface area contributed by atoms with E-state index in [-0.39, 0.29) is 11.8 Å². The van der Waals surface area contributed by atoms with Crippen LogP contribution in [0.5, 0.6) is 11.5 Å². The third-order valence-corrected chi connectivity index (χ3v) is 3.83. The van der Waals surface area contributed by atoms with Crippen LogP contribution >= 0.6 is 0 Å². The number of carbonyl (C=O) groups excluding carboxylic acids is 2. The topological polar surface area (TPSA) is 93.2 Å². The van der Waals surface area contributed by atoms with Gasteiger partial charge in [0, 0.05) is 18.2 Å². The van der Waals surface area contributed by atoms with Gasteiger partial charge >= 0.3 is 6.03 Å². The van der Waals surface area contributed by atoms with Crippen LogP contribution in [0.3, 0.4) is 0 Å². The number of ether oxygens (including phenoxy) is 1. The van der Waals surface area contributed by atoms with Gasteiger partial charge in [-0.25, -0.2) is 9.78 Å². The number of pyridine rings is 2. The van der Waals surface area contributed by atoms with Crippen molar-refractivity contribution in [2.75, 3.05) is 5.32 Å². The fraction of sp³-hybridized carbons (Fsp3) is 0.238. The Hall–Kier alpha value is -3.48. The number of urea groups is 1. The van der Waals surface area contributed by atoms with Gasteiger partial charge in [-0.2, -0.15) is 0 Å². The summed E-state index contributed by atoms with van der Waals surface area (Å²) in [6.45, 7) is 10.9. The van der Waals surface area contributed by atoms with Crippen LogP contribution in [0.1, 0.15) is 32.2 Å². The first-order valence-electron chi connectivity index (χ1n) is 8.86. The molecule has 2 N–H and O–H groups in total. The smallest absolute Gasteiger partial charge is 0.327 e. The van der Waals surface area contributed by atoms with Crippen molar-refractivity contribution in [1.82, 2.24) is 15.3 Å². The molecule has 2 rings (SSSR count). The summed E-state index contributed by atoms with van der Waals surface area (Å²) in [5.41, 5.74) is 2.24. The summed E-state index contributed by atoms with van der Waals surface area (Å²) in [6.07, 6.45) is 5.31. The Labute approximate surface area is 164 Å². The zero-order valence-corrected chi connectivity index (χ0v) is 16.4. The average Bonchev–Trinajstić information content (AvgIpc) is 2.65. The molecule has 3 amide bonds. The molecular weight excluding hydrogens is 356 g/mol. The monoisotopic (exact) mass is 380 g/mol. The molecule has 2 heterocycles. The highest BCUT2D eigenvalue weighted by Gasteiger charge is 2.13. The van der Waals surface area contributed by atoms with Crippen molar-refractivity contribution in [3.63, 3.8) is 0 Å². The van der Waals surface area contributed by atoms with E-state index in [1.807, 2.05) is 19.1 Å². The van der Waals surface area contributed by atoms with E-state index in [9.17, 15) is 9.59 Å². The van der Waals surface area contributed by atoms with E-state index in [0.717, 1.165) is 11.3 Å². The van der Waals surface area contributed by atoms with Gasteiger partial charge in [-0.3, -0.25) is 20.4 Å². The molecule has 146 valence electrons. The first kappa shape index (κ1) is 20.8. The number of hydrogen-bond acceptors (Lipinski definition) is 5. The zero-order valence-electron chi connectivity index (χ0n) is 16.4. The van der Waals surface area contributed by atoms with Crippen LogP contribution in [0.2, 0.25) is 0 Å². The predicted octanol–water partition coefficient (Wildman–Crippen LogP) is 4.47. The van der Waals surface area contributed by atoms with Crippen LogP contribution in [0.4, 0.5) is 10.6 Å². The molecule has 2 aromatic rings. The Morgan fingerprint density at radius 3 is 2.61 bits per heavy atom.